The lowest BCUT2D eigenvalue weighted by atomic mass is 10.2. The number of carbonyl (C=O) groups is 1. The van der Waals surface area contributed by atoms with E-state index in [0.717, 1.165) is 28.3 Å². The Morgan fingerprint density at radius 3 is 2.57 bits per heavy atom. The molecule has 3 rings (SSSR count). The van der Waals surface area contributed by atoms with Crippen molar-refractivity contribution in [2.75, 3.05) is 7.05 Å². The molecular formula is C18H19N3O2. The van der Waals surface area contributed by atoms with Crippen LogP contribution in [0, 0.1) is 13.8 Å². The summed E-state index contributed by atoms with van der Waals surface area (Å²) in [7, 11) is 1.78. The molecule has 0 radical (unpaired) electrons. The van der Waals surface area contributed by atoms with Crippen LogP contribution in [-0.4, -0.2) is 28.0 Å². The Kier molecular flexibility index (Phi) is 4.02. The van der Waals surface area contributed by atoms with Gasteiger partial charge in [-0.25, -0.2) is 0 Å². The molecule has 0 aliphatic heterocycles. The minimum Gasteiger partial charge on any atom is -0.361 e. The van der Waals surface area contributed by atoms with Gasteiger partial charge in [-0.05, 0) is 31.5 Å². The standard InChI is InChI=1S/C18H19N3O2/c1-12-15(13(2)23-20-12)11-21(3)18(22)17-10-9-16(19-17)14-7-5-4-6-8-14/h4-10,19H,11H2,1-3H3. The summed E-state index contributed by atoms with van der Waals surface area (Å²) in [6.07, 6.45) is 0. The molecule has 23 heavy (non-hydrogen) atoms. The van der Waals surface area contributed by atoms with Gasteiger partial charge in [-0.1, -0.05) is 35.5 Å². The fourth-order valence-electron chi connectivity index (χ4n) is 2.55. The van der Waals surface area contributed by atoms with E-state index in [9.17, 15) is 4.79 Å². The molecule has 2 aromatic heterocycles. The lowest BCUT2D eigenvalue weighted by molar-refractivity contribution is 0.0779. The van der Waals surface area contributed by atoms with Crippen LogP contribution in [0.2, 0.25) is 0 Å². The average molecular weight is 309 g/mol. The van der Waals surface area contributed by atoms with Gasteiger partial charge in [0.2, 0.25) is 0 Å². The first-order chi connectivity index (χ1) is 11.1. The minimum absolute atomic E-state index is 0.0628. The Morgan fingerprint density at radius 1 is 1.17 bits per heavy atom. The fraction of sp³-hybridized carbons (Fsp3) is 0.222. The molecule has 1 aromatic carbocycles. The van der Waals surface area contributed by atoms with Gasteiger partial charge in [0.05, 0.1) is 12.2 Å². The molecule has 0 atom stereocenters. The number of H-pyrrole nitrogens is 1. The molecular weight excluding hydrogens is 290 g/mol. The molecule has 0 fully saturated rings. The Labute approximate surface area is 134 Å². The smallest absolute Gasteiger partial charge is 0.270 e. The van der Waals surface area contributed by atoms with Crippen molar-refractivity contribution in [3.63, 3.8) is 0 Å². The van der Waals surface area contributed by atoms with Gasteiger partial charge >= 0.3 is 0 Å². The zero-order valence-corrected chi connectivity index (χ0v) is 13.5. The van der Waals surface area contributed by atoms with Crippen LogP contribution in [-0.2, 0) is 6.54 Å². The number of benzene rings is 1. The van der Waals surface area contributed by atoms with E-state index in [2.05, 4.69) is 10.1 Å². The molecule has 118 valence electrons. The predicted molar refractivity (Wildman–Crippen MR) is 88.0 cm³/mol. The third kappa shape index (κ3) is 3.04. The average Bonchev–Trinajstić information content (AvgIpc) is 3.17. The molecule has 5 heteroatoms. The van der Waals surface area contributed by atoms with E-state index in [4.69, 9.17) is 4.52 Å². The number of aromatic nitrogens is 2. The van der Waals surface area contributed by atoms with Crippen molar-refractivity contribution < 1.29 is 9.32 Å². The minimum atomic E-state index is -0.0628. The number of amides is 1. The summed E-state index contributed by atoms with van der Waals surface area (Å²) in [6, 6.07) is 13.7. The topological polar surface area (TPSA) is 62.1 Å². The molecule has 1 N–H and O–H groups in total. The van der Waals surface area contributed by atoms with Crippen molar-refractivity contribution in [3.05, 3.63) is 65.2 Å². The molecule has 3 aromatic rings. The Morgan fingerprint density at radius 2 is 1.91 bits per heavy atom. The van der Waals surface area contributed by atoms with E-state index in [-0.39, 0.29) is 5.91 Å². The second-order valence-electron chi connectivity index (χ2n) is 5.62. The highest BCUT2D eigenvalue weighted by Gasteiger charge is 2.18. The third-order valence-corrected chi connectivity index (χ3v) is 3.92. The van der Waals surface area contributed by atoms with Gasteiger partial charge in [0.15, 0.2) is 0 Å². The summed E-state index contributed by atoms with van der Waals surface area (Å²) in [4.78, 5) is 17.4. The van der Waals surface area contributed by atoms with Crippen LogP contribution in [0.1, 0.15) is 27.5 Å². The molecule has 0 bridgehead atoms. The predicted octanol–water partition coefficient (Wildman–Crippen LogP) is 3.56. The lowest BCUT2D eigenvalue weighted by Gasteiger charge is -2.16. The van der Waals surface area contributed by atoms with Crippen LogP contribution in [0.5, 0.6) is 0 Å². The first-order valence-corrected chi connectivity index (χ1v) is 7.48. The molecule has 0 saturated heterocycles. The summed E-state index contributed by atoms with van der Waals surface area (Å²) < 4.78 is 5.15. The normalized spacial score (nSPS) is 10.7. The summed E-state index contributed by atoms with van der Waals surface area (Å²) in [6.45, 7) is 4.21. The zero-order chi connectivity index (χ0) is 16.4. The zero-order valence-electron chi connectivity index (χ0n) is 13.5. The Balaban J connectivity index is 1.77. The van der Waals surface area contributed by atoms with Gasteiger partial charge in [-0.3, -0.25) is 4.79 Å². The molecule has 5 nitrogen and oxygen atoms in total. The third-order valence-electron chi connectivity index (χ3n) is 3.92. The van der Waals surface area contributed by atoms with Crippen molar-refractivity contribution in [3.8, 4) is 11.3 Å². The first kappa shape index (κ1) is 15.1. The van der Waals surface area contributed by atoms with Gasteiger partial charge in [-0.15, -0.1) is 0 Å². The first-order valence-electron chi connectivity index (χ1n) is 7.48. The molecule has 0 spiro atoms. The largest absolute Gasteiger partial charge is 0.361 e. The highest BCUT2D eigenvalue weighted by atomic mass is 16.5. The van der Waals surface area contributed by atoms with E-state index in [1.807, 2.05) is 56.3 Å². The number of hydrogen-bond donors (Lipinski definition) is 1. The number of hydrogen-bond acceptors (Lipinski definition) is 3. The second-order valence-corrected chi connectivity index (χ2v) is 5.62. The van der Waals surface area contributed by atoms with E-state index in [0.29, 0.717) is 12.2 Å². The van der Waals surface area contributed by atoms with Crippen LogP contribution >= 0.6 is 0 Å². The summed E-state index contributed by atoms with van der Waals surface area (Å²) >= 11 is 0. The van der Waals surface area contributed by atoms with Gasteiger partial charge in [0.1, 0.15) is 11.5 Å². The van der Waals surface area contributed by atoms with Crippen LogP contribution in [0.15, 0.2) is 47.0 Å². The summed E-state index contributed by atoms with van der Waals surface area (Å²) in [5.74, 6) is 0.686. The SMILES string of the molecule is Cc1noc(C)c1CN(C)C(=O)c1ccc(-c2ccccc2)[nH]1. The Hall–Kier alpha value is -2.82. The van der Waals surface area contributed by atoms with Crippen molar-refractivity contribution >= 4 is 5.91 Å². The lowest BCUT2D eigenvalue weighted by Crippen LogP contribution is -2.26. The van der Waals surface area contributed by atoms with Crippen molar-refractivity contribution in [1.29, 1.82) is 0 Å². The van der Waals surface area contributed by atoms with Crippen molar-refractivity contribution in [1.82, 2.24) is 15.0 Å². The van der Waals surface area contributed by atoms with Crippen molar-refractivity contribution in [2.24, 2.45) is 0 Å². The van der Waals surface area contributed by atoms with E-state index in [1.54, 1.807) is 11.9 Å². The number of nitrogens with zero attached hydrogens (tertiary/aromatic N) is 2. The number of aryl methyl sites for hydroxylation is 2. The summed E-state index contributed by atoms with van der Waals surface area (Å²) in [5, 5.41) is 3.92. The fourth-order valence-corrected chi connectivity index (χ4v) is 2.55. The van der Waals surface area contributed by atoms with Crippen molar-refractivity contribution in [2.45, 2.75) is 20.4 Å². The molecule has 1 amide bonds. The van der Waals surface area contributed by atoms with E-state index in [1.165, 1.54) is 0 Å². The number of rotatable bonds is 4. The Bertz CT molecular complexity index is 798. The molecule has 0 aliphatic rings. The van der Waals surface area contributed by atoms with Gasteiger partial charge in [0.25, 0.3) is 5.91 Å². The van der Waals surface area contributed by atoms with E-state index < -0.39 is 0 Å². The maximum atomic E-state index is 12.6. The second kappa shape index (κ2) is 6.12. The quantitative estimate of drug-likeness (QED) is 0.801. The number of aromatic amines is 1. The van der Waals surface area contributed by atoms with Crippen LogP contribution in [0.25, 0.3) is 11.3 Å². The molecule has 0 unspecified atom stereocenters. The molecule has 0 aliphatic carbocycles. The van der Waals surface area contributed by atoms with Crippen LogP contribution in [0.4, 0.5) is 0 Å². The van der Waals surface area contributed by atoms with Crippen LogP contribution < -0.4 is 0 Å². The highest BCUT2D eigenvalue weighted by Crippen LogP contribution is 2.20. The van der Waals surface area contributed by atoms with Gasteiger partial charge in [-0.2, -0.15) is 0 Å². The van der Waals surface area contributed by atoms with Gasteiger partial charge in [0, 0.05) is 18.3 Å². The molecule has 0 saturated carbocycles. The van der Waals surface area contributed by atoms with E-state index >= 15 is 0 Å². The molecule has 2 heterocycles. The monoisotopic (exact) mass is 309 g/mol. The maximum absolute atomic E-state index is 12.6. The number of carbonyl (C=O) groups excluding carboxylic acids is 1. The van der Waals surface area contributed by atoms with Crippen LogP contribution in [0.3, 0.4) is 0 Å². The maximum Gasteiger partial charge on any atom is 0.270 e. The number of nitrogens with one attached hydrogen (secondary N) is 1. The summed E-state index contributed by atoms with van der Waals surface area (Å²) in [5.41, 5.74) is 4.33. The highest BCUT2D eigenvalue weighted by molar-refractivity contribution is 5.93. The van der Waals surface area contributed by atoms with Gasteiger partial charge < -0.3 is 14.4 Å².